The molecule has 0 saturated heterocycles. The maximum atomic E-state index is 13.1. The quantitative estimate of drug-likeness (QED) is 0.485. The molecule has 0 saturated carbocycles. The van der Waals surface area contributed by atoms with Crippen LogP contribution in [0.25, 0.3) is 0 Å². The summed E-state index contributed by atoms with van der Waals surface area (Å²) in [5, 5.41) is 1.28. The molecule has 0 fully saturated rings. The number of carbonyl (C=O) groups excluding carboxylic acids is 1. The highest BCUT2D eigenvalue weighted by Gasteiger charge is 2.23. The summed E-state index contributed by atoms with van der Waals surface area (Å²) in [5.74, 6) is -0.320. The summed E-state index contributed by atoms with van der Waals surface area (Å²) in [5.41, 5.74) is 2.53. The van der Waals surface area contributed by atoms with Crippen LogP contribution in [0.4, 0.5) is 0 Å². The third kappa shape index (κ3) is 4.69. The summed E-state index contributed by atoms with van der Waals surface area (Å²) in [6.07, 6.45) is 1.95. The second-order valence-corrected chi connectivity index (χ2v) is 7.44. The molecule has 0 amide bonds. The van der Waals surface area contributed by atoms with Gasteiger partial charge in [-0.1, -0.05) is 47.5 Å². The van der Waals surface area contributed by atoms with Gasteiger partial charge in [0, 0.05) is 32.8 Å². The Hall–Kier alpha value is -1.68. The minimum Gasteiger partial charge on any atom is -0.298 e. The number of ketones is 1. The van der Waals surface area contributed by atoms with Crippen LogP contribution in [-0.2, 0) is 11.2 Å². The molecule has 0 aliphatic rings. The third-order valence-corrected chi connectivity index (χ3v) is 4.85. The molecule has 0 N–H and O–H groups in total. The topological polar surface area (TPSA) is 30.0 Å². The molecule has 0 bridgehead atoms. The SMILES string of the molecule is O=C(Cc1ccc(Br)cn1)C(c1ccc(Cl)cc1)c1ccc(Cl)cc1. The average Bonchev–Trinajstić information content (AvgIpc) is 2.60. The van der Waals surface area contributed by atoms with E-state index in [-0.39, 0.29) is 18.1 Å². The Kier molecular flexibility index (Phi) is 5.89. The highest BCUT2D eigenvalue weighted by Crippen LogP contribution is 2.29. The Morgan fingerprint density at radius 2 is 1.40 bits per heavy atom. The van der Waals surface area contributed by atoms with Gasteiger partial charge in [-0.2, -0.15) is 0 Å². The molecule has 0 aliphatic carbocycles. The van der Waals surface area contributed by atoms with Crippen LogP contribution in [0.15, 0.2) is 71.3 Å². The van der Waals surface area contributed by atoms with Crippen LogP contribution in [0.3, 0.4) is 0 Å². The van der Waals surface area contributed by atoms with Crippen molar-refractivity contribution in [2.75, 3.05) is 0 Å². The van der Waals surface area contributed by atoms with E-state index in [2.05, 4.69) is 20.9 Å². The van der Waals surface area contributed by atoms with E-state index in [1.54, 1.807) is 30.5 Å². The second-order valence-electron chi connectivity index (χ2n) is 5.65. The number of aromatic nitrogens is 1. The molecule has 2 aromatic carbocycles. The van der Waals surface area contributed by atoms with Crippen molar-refractivity contribution < 1.29 is 4.79 Å². The van der Waals surface area contributed by atoms with E-state index in [1.165, 1.54) is 0 Å². The van der Waals surface area contributed by atoms with Gasteiger partial charge in [0.1, 0.15) is 0 Å². The van der Waals surface area contributed by atoms with Crippen LogP contribution in [0.2, 0.25) is 10.0 Å². The van der Waals surface area contributed by atoms with Crippen molar-refractivity contribution >= 4 is 44.9 Å². The molecule has 25 heavy (non-hydrogen) atoms. The van der Waals surface area contributed by atoms with Gasteiger partial charge in [-0.05, 0) is 63.5 Å². The zero-order chi connectivity index (χ0) is 17.8. The number of halogens is 3. The predicted octanol–water partition coefficient (Wildman–Crippen LogP) is 6.09. The minimum atomic E-state index is -0.389. The molecular weight excluding hydrogens is 421 g/mol. The molecule has 1 heterocycles. The third-order valence-electron chi connectivity index (χ3n) is 3.87. The van der Waals surface area contributed by atoms with Gasteiger partial charge in [0.25, 0.3) is 0 Å². The summed E-state index contributed by atoms with van der Waals surface area (Å²) in [6, 6.07) is 18.5. The Morgan fingerprint density at radius 1 is 0.880 bits per heavy atom. The lowest BCUT2D eigenvalue weighted by Crippen LogP contribution is -2.17. The highest BCUT2D eigenvalue weighted by atomic mass is 79.9. The molecular formula is C20H14BrCl2NO. The van der Waals surface area contributed by atoms with E-state index >= 15 is 0 Å². The van der Waals surface area contributed by atoms with Crippen LogP contribution < -0.4 is 0 Å². The van der Waals surface area contributed by atoms with Crippen LogP contribution in [0, 0.1) is 0 Å². The number of rotatable bonds is 5. The van der Waals surface area contributed by atoms with Crippen molar-refractivity contribution in [2.45, 2.75) is 12.3 Å². The lowest BCUT2D eigenvalue weighted by Gasteiger charge is -2.17. The molecule has 0 spiro atoms. The average molecular weight is 435 g/mol. The fourth-order valence-corrected chi connectivity index (χ4v) is 3.15. The molecule has 126 valence electrons. The Morgan fingerprint density at radius 3 is 1.84 bits per heavy atom. The molecule has 1 aromatic heterocycles. The first-order valence-electron chi connectivity index (χ1n) is 7.67. The van der Waals surface area contributed by atoms with Crippen molar-refractivity contribution in [1.82, 2.24) is 4.98 Å². The molecule has 0 unspecified atom stereocenters. The van der Waals surface area contributed by atoms with Crippen molar-refractivity contribution in [3.8, 4) is 0 Å². The monoisotopic (exact) mass is 433 g/mol. The summed E-state index contributed by atoms with van der Waals surface area (Å²) >= 11 is 15.3. The smallest absolute Gasteiger partial charge is 0.150 e. The number of nitrogens with zero attached hydrogens (tertiary/aromatic N) is 1. The van der Waals surface area contributed by atoms with E-state index in [4.69, 9.17) is 23.2 Å². The lowest BCUT2D eigenvalue weighted by atomic mass is 9.86. The number of Topliss-reactive ketones (excluding diaryl/α,β-unsaturated/α-hetero) is 1. The zero-order valence-electron chi connectivity index (χ0n) is 13.1. The van der Waals surface area contributed by atoms with Crippen molar-refractivity contribution in [1.29, 1.82) is 0 Å². The molecule has 0 atom stereocenters. The Bertz CT molecular complexity index is 816. The van der Waals surface area contributed by atoms with Crippen molar-refractivity contribution in [3.05, 3.63) is 98.2 Å². The van der Waals surface area contributed by atoms with E-state index < -0.39 is 0 Å². The van der Waals surface area contributed by atoms with Gasteiger partial charge in [-0.3, -0.25) is 9.78 Å². The molecule has 0 radical (unpaired) electrons. The number of hydrogen-bond donors (Lipinski definition) is 0. The molecule has 5 heteroatoms. The number of hydrogen-bond acceptors (Lipinski definition) is 2. The van der Waals surface area contributed by atoms with Crippen LogP contribution in [0.1, 0.15) is 22.7 Å². The Balaban J connectivity index is 1.94. The summed E-state index contributed by atoms with van der Waals surface area (Å²) in [4.78, 5) is 17.4. The van der Waals surface area contributed by atoms with Gasteiger partial charge in [-0.25, -0.2) is 0 Å². The molecule has 2 nitrogen and oxygen atoms in total. The van der Waals surface area contributed by atoms with E-state index in [9.17, 15) is 4.79 Å². The van der Waals surface area contributed by atoms with Crippen LogP contribution in [-0.4, -0.2) is 10.8 Å². The first-order valence-corrected chi connectivity index (χ1v) is 9.22. The summed E-state index contributed by atoms with van der Waals surface area (Å²) in [6.45, 7) is 0. The van der Waals surface area contributed by atoms with Crippen LogP contribution in [0.5, 0.6) is 0 Å². The molecule has 3 rings (SSSR count). The minimum absolute atomic E-state index is 0.0690. The summed E-state index contributed by atoms with van der Waals surface area (Å²) < 4.78 is 0.885. The first-order chi connectivity index (χ1) is 12.0. The van der Waals surface area contributed by atoms with Crippen LogP contribution >= 0.6 is 39.1 Å². The normalized spacial score (nSPS) is 10.9. The van der Waals surface area contributed by atoms with E-state index in [1.807, 2.05) is 36.4 Å². The van der Waals surface area contributed by atoms with Gasteiger partial charge >= 0.3 is 0 Å². The number of benzene rings is 2. The zero-order valence-corrected chi connectivity index (χ0v) is 16.2. The largest absolute Gasteiger partial charge is 0.298 e. The van der Waals surface area contributed by atoms with E-state index in [0.717, 1.165) is 21.3 Å². The van der Waals surface area contributed by atoms with Gasteiger partial charge in [0.05, 0.1) is 5.92 Å². The second kappa shape index (κ2) is 8.13. The Labute approximate surface area is 164 Å². The lowest BCUT2D eigenvalue weighted by molar-refractivity contribution is -0.119. The maximum absolute atomic E-state index is 13.1. The van der Waals surface area contributed by atoms with Gasteiger partial charge < -0.3 is 0 Å². The molecule has 0 aliphatic heterocycles. The maximum Gasteiger partial charge on any atom is 0.150 e. The van der Waals surface area contributed by atoms with E-state index in [0.29, 0.717) is 10.0 Å². The summed E-state index contributed by atoms with van der Waals surface area (Å²) in [7, 11) is 0. The predicted molar refractivity (Wildman–Crippen MR) is 105 cm³/mol. The first kappa shape index (κ1) is 18.1. The number of carbonyl (C=O) groups is 1. The number of pyridine rings is 1. The fraction of sp³-hybridized carbons (Fsp3) is 0.100. The van der Waals surface area contributed by atoms with Crippen molar-refractivity contribution in [2.24, 2.45) is 0 Å². The fourth-order valence-electron chi connectivity index (χ4n) is 2.67. The van der Waals surface area contributed by atoms with Gasteiger partial charge in [0.15, 0.2) is 5.78 Å². The molecule has 3 aromatic rings. The van der Waals surface area contributed by atoms with Crippen molar-refractivity contribution in [3.63, 3.8) is 0 Å². The van der Waals surface area contributed by atoms with Gasteiger partial charge in [0.2, 0.25) is 0 Å². The van der Waals surface area contributed by atoms with Gasteiger partial charge in [-0.15, -0.1) is 0 Å². The highest BCUT2D eigenvalue weighted by molar-refractivity contribution is 9.10. The standard InChI is InChI=1S/C20H14BrCl2NO/c21-15-5-10-18(24-12-15)11-19(25)20(13-1-6-16(22)7-2-13)14-3-8-17(23)9-4-14/h1-10,12,20H,11H2.